The minimum atomic E-state index is -2.57. The Morgan fingerprint density at radius 1 is 1.13 bits per heavy atom. The van der Waals surface area contributed by atoms with Crippen molar-refractivity contribution in [3.8, 4) is 0 Å². The highest BCUT2D eigenvalue weighted by Crippen LogP contribution is 2.15. The quantitative estimate of drug-likeness (QED) is 0.591. The van der Waals surface area contributed by atoms with Crippen molar-refractivity contribution in [2.45, 2.75) is 25.3 Å². The molecule has 0 fully saturated rings. The number of nitrogens with two attached hydrogens (primary N) is 1. The largest absolute Gasteiger partial charge is 0.500 e. The van der Waals surface area contributed by atoms with Crippen molar-refractivity contribution in [2.75, 3.05) is 27.9 Å². The smallest absolute Gasteiger partial charge is 0.377 e. The van der Waals surface area contributed by atoms with Gasteiger partial charge in [-0.1, -0.05) is 0 Å². The van der Waals surface area contributed by atoms with E-state index in [2.05, 4.69) is 0 Å². The van der Waals surface area contributed by atoms with Crippen molar-refractivity contribution in [2.24, 2.45) is 5.73 Å². The number of rotatable bonds is 9. The molecular formula is C9H21NO4Si. The molecule has 0 radical (unpaired) electrons. The standard InChI is InChI=1S/C9H21NO4Si/c1-12-15(13-2,14-3)8-6-9(11)5-4-7-10/h4-8,10H2,1-3H3. The lowest BCUT2D eigenvalue weighted by atomic mass is 10.2. The number of carbonyl (C=O) groups is 1. The van der Waals surface area contributed by atoms with Crippen LogP contribution < -0.4 is 5.73 Å². The van der Waals surface area contributed by atoms with Crippen LogP contribution in [0.3, 0.4) is 0 Å². The fourth-order valence-corrected chi connectivity index (χ4v) is 2.97. The Hall–Kier alpha value is -0.273. The molecule has 0 atom stereocenters. The van der Waals surface area contributed by atoms with Crippen LogP contribution >= 0.6 is 0 Å². The molecule has 0 aliphatic heterocycles. The third-order valence-corrected chi connectivity index (χ3v) is 5.03. The van der Waals surface area contributed by atoms with Crippen molar-refractivity contribution < 1.29 is 18.1 Å². The zero-order chi connectivity index (χ0) is 11.7. The van der Waals surface area contributed by atoms with E-state index in [1.165, 1.54) is 0 Å². The van der Waals surface area contributed by atoms with Crippen LogP contribution in [0.15, 0.2) is 0 Å². The van der Waals surface area contributed by atoms with Gasteiger partial charge in [0.25, 0.3) is 0 Å². The molecule has 90 valence electrons. The second kappa shape index (κ2) is 7.95. The van der Waals surface area contributed by atoms with Crippen LogP contribution in [0.5, 0.6) is 0 Å². The molecule has 5 nitrogen and oxygen atoms in total. The van der Waals surface area contributed by atoms with Gasteiger partial charge >= 0.3 is 8.80 Å². The third-order valence-electron chi connectivity index (χ3n) is 2.30. The summed E-state index contributed by atoms with van der Waals surface area (Å²) in [4.78, 5) is 11.4. The second-order valence-electron chi connectivity index (χ2n) is 3.23. The van der Waals surface area contributed by atoms with Crippen LogP contribution in [0.4, 0.5) is 0 Å². The summed E-state index contributed by atoms with van der Waals surface area (Å²) in [6.07, 6.45) is 1.69. The number of Topliss-reactive ketones (excluding diaryl/α,β-unsaturated/α-hetero) is 1. The maximum absolute atomic E-state index is 11.4. The monoisotopic (exact) mass is 235 g/mol. The molecule has 0 aromatic rings. The molecule has 0 aromatic heterocycles. The average Bonchev–Trinajstić information content (AvgIpc) is 2.29. The van der Waals surface area contributed by atoms with Gasteiger partial charge < -0.3 is 19.0 Å². The summed E-state index contributed by atoms with van der Waals surface area (Å²) in [6, 6.07) is 0.528. The summed E-state index contributed by atoms with van der Waals surface area (Å²) in [7, 11) is 2.06. The van der Waals surface area contributed by atoms with Gasteiger partial charge in [-0.3, -0.25) is 4.79 Å². The Kier molecular flexibility index (Phi) is 7.80. The molecule has 0 rings (SSSR count). The Labute approximate surface area is 92.3 Å². The summed E-state index contributed by atoms with van der Waals surface area (Å²) in [5.74, 6) is 0.184. The summed E-state index contributed by atoms with van der Waals surface area (Å²) in [6.45, 7) is 0.549. The van der Waals surface area contributed by atoms with Crippen LogP contribution in [0.1, 0.15) is 19.3 Å². The number of hydrogen-bond acceptors (Lipinski definition) is 5. The van der Waals surface area contributed by atoms with Gasteiger partial charge in [-0.15, -0.1) is 0 Å². The predicted molar refractivity (Wildman–Crippen MR) is 59.5 cm³/mol. The predicted octanol–water partition coefficient (Wildman–Crippen LogP) is 0.563. The van der Waals surface area contributed by atoms with E-state index >= 15 is 0 Å². The zero-order valence-corrected chi connectivity index (χ0v) is 10.7. The number of ketones is 1. The summed E-state index contributed by atoms with van der Waals surface area (Å²) >= 11 is 0. The van der Waals surface area contributed by atoms with E-state index in [0.29, 0.717) is 25.4 Å². The highest BCUT2D eigenvalue weighted by Gasteiger charge is 2.37. The van der Waals surface area contributed by atoms with Gasteiger partial charge in [0.15, 0.2) is 0 Å². The minimum Gasteiger partial charge on any atom is -0.377 e. The Balaban J connectivity index is 3.93. The van der Waals surface area contributed by atoms with E-state index in [0.717, 1.165) is 6.42 Å². The molecule has 0 unspecified atom stereocenters. The van der Waals surface area contributed by atoms with Gasteiger partial charge in [-0.2, -0.15) is 0 Å². The highest BCUT2D eigenvalue weighted by molar-refractivity contribution is 6.60. The third kappa shape index (κ3) is 5.38. The van der Waals surface area contributed by atoms with Crippen molar-refractivity contribution in [1.82, 2.24) is 0 Å². The lowest BCUT2D eigenvalue weighted by Gasteiger charge is -2.23. The fourth-order valence-electron chi connectivity index (χ4n) is 1.27. The lowest BCUT2D eigenvalue weighted by molar-refractivity contribution is -0.119. The first-order valence-corrected chi connectivity index (χ1v) is 6.94. The molecule has 0 bridgehead atoms. The van der Waals surface area contributed by atoms with Gasteiger partial charge in [-0.25, -0.2) is 0 Å². The first kappa shape index (κ1) is 14.7. The maximum atomic E-state index is 11.4. The molecular weight excluding hydrogens is 214 g/mol. The molecule has 0 saturated carbocycles. The molecule has 0 saturated heterocycles. The average molecular weight is 235 g/mol. The summed E-state index contributed by atoms with van der Waals surface area (Å²) < 4.78 is 15.6. The van der Waals surface area contributed by atoms with E-state index in [4.69, 9.17) is 19.0 Å². The van der Waals surface area contributed by atoms with Gasteiger partial charge in [0.1, 0.15) is 5.78 Å². The minimum absolute atomic E-state index is 0.184. The van der Waals surface area contributed by atoms with E-state index < -0.39 is 8.80 Å². The molecule has 0 aliphatic carbocycles. The lowest BCUT2D eigenvalue weighted by Crippen LogP contribution is -2.43. The molecule has 15 heavy (non-hydrogen) atoms. The van der Waals surface area contributed by atoms with Gasteiger partial charge in [0.2, 0.25) is 0 Å². The molecule has 0 aromatic carbocycles. The summed E-state index contributed by atoms with van der Waals surface area (Å²) in [5, 5.41) is 0. The first-order valence-electron chi connectivity index (χ1n) is 5.01. The van der Waals surface area contributed by atoms with E-state index in [1.807, 2.05) is 0 Å². The second-order valence-corrected chi connectivity index (χ2v) is 6.32. The normalized spacial score (nSPS) is 11.7. The zero-order valence-electron chi connectivity index (χ0n) is 9.75. The Morgan fingerprint density at radius 3 is 2.07 bits per heavy atom. The van der Waals surface area contributed by atoms with E-state index in [1.54, 1.807) is 21.3 Å². The van der Waals surface area contributed by atoms with E-state index in [9.17, 15) is 4.79 Å². The number of carbonyl (C=O) groups excluding carboxylic acids is 1. The van der Waals surface area contributed by atoms with Gasteiger partial charge in [-0.05, 0) is 13.0 Å². The maximum Gasteiger partial charge on any atom is 0.500 e. The van der Waals surface area contributed by atoms with Crippen molar-refractivity contribution in [3.63, 3.8) is 0 Å². The van der Waals surface area contributed by atoms with Gasteiger partial charge in [0, 0.05) is 40.2 Å². The fraction of sp³-hybridized carbons (Fsp3) is 0.889. The molecule has 0 aliphatic rings. The Bertz CT molecular complexity index is 177. The first-order chi connectivity index (χ1) is 7.14. The molecule has 0 heterocycles. The Morgan fingerprint density at radius 2 is 1.67 bits per heavy atom. The molecule has 0 amide bonds. The summed E-state index contributed by atoms with van der Waals surface area (Å²) in [5.41, 5.74) is 5.32. The molecule has 6 heteroatoms. The van der Waals surface area contributed by atoms with Crippen LogP contribution in [-0.2, 0) is 18.1 Å². The van der Waals surface area contributed by atoms with E-state index in [-0.39, 0.29) is 5.78 Å². The van der Waals surface area contributed by atoms with Crippen LogP contribution in [0.2, 0.25) is 6.04 Å². The van der Waals surface area contributed by atoms with Crippen LogP contribution in [0, 0.1) is 0 Å². The van der Waals surface area contributed by atoms with Crippen molar-refractivity contribution >= 4 is 14.6 Å². The van der Waals surface area contributed by atoms with Crippen LogP contribution in [-0.4, -0.2) is 42.5 Å². The highest BCUT2D eigenvalue weighted by atomic mass is 28.4. The molecule has 0 spiro atoms. The number of hydrogen-bond donors (Lipinski definition) is 1. The van der Waals surface area contributed by atoms with Gasteiger partial charge in [0.05, 0.1) is 0 Å². The molecule has 2 N–H and O–H groups in total. The topological polar surface area (TPSA) is 70.8 Å². The van der Waals surface area contributed by atoms with Crippen LogP contribution in [0.25, 0.3) is 0 Å². The van der Waals surface area contributed by atoms with Crippen molar-refractivity contribution in [3.05, 3.63) is 0 Å². The SMILES string of the molecule is CO[Si](CCC(=O)CCCN)(OC)OC. The van der Waals surface area contributed by atoms with Crippen molar-refractivity contribution in [1.29, 1.82) is 0 Å².